The van der Waals surface area contributed by atoms with Crippen LogP contribution in [0, 0.1) is 0 Å². The fourth-order valence-electron chi connectivity index (χ4n) is 4.68. The molecule has 3 aromatic rings. The predicted molar refractivity (Wildman–Crippen MR) is 131 cm³/mol. The van der Waals surface area contributed by atoms with Gasteiger partial charge in [-0.1, -0.05) is 48.5 Å². The van der Waals surface area contributed by atoms with E-state index in [4.69, 9.17) is 19.6 Å². The van der Waals surface area contributed by atoms with Crippen LogP contribution in [0.5, 0.6) is 5.75 Å². The Bertz CT molecular complexity index is 1270. The van der Waals surface area contributed by atoms with Crippen molar-refractivity contribution in [2.24, 2.45) is 4.99 Å². The smallest absolute Gasteiger partial charge is 0.266 e. The summed E-state index contributed by atoms with van der Waals surface area (Å²) < 4.78 is 12.0. The van der Waals surface area contributed by atoms with Crippen LogP contribution in [-0.2, 0) is 20.7 Å². The summed E-state index contributed by atoms with van der Waals surface area (Å²) in [7, 11) is 0. The van der Waals surface area contributed by atoms with E-state index in [1.54, 1.807) is 18.2 Å². The van der Waals surface area contributed by atoms with E-state index in [1.807, 2.05) is 60.7 Å². The Morgan fingerprint density at radius 2 is 1.80 bits per heavy atom. The zero-order valence-corrected chi connectivity index (χ0v) is 19.4. The van der Waals surface area contributed by atoms with Crippen molar-refractivity contribution in [3.8, 4) is 5.75 Å². The van der Waals surface area contributed by atoms with Crippen LogP contribution in [0.4, 0.5) is 5.69 Å². The zero-order valence-electron chi connectivity index (χ0n) is 19.4. The fraction of sp³-hybridized carbons (Fsp3) is 0.250. The maximum Gasteiger partial charge on any atom is 0.266 e. The second-order valence-electron chi connectivity index (χ2n) is 8.66. The minimum Gasteiger partial charge on any atom is -0.494 e. The van der Waals surface area contributed by atoms with Crippen molar-refractivity contribution in [3.63, 3.8) is 0 Å². The maximum atomic E-state index is 14.0. The molecule has 3 aromatic carbocycles. The van der Waals surface area contributed by atoms with Crippen LogP contribution in [-0.4, -0.2) is 41.6 Å². The van der Waals surface area contributed by atoms with Crippen molar-refractivity contribution in [2.75, 3.05) is 18.1 Å². The molecule has 1 spiro atoms. The molecule has 0 bridgehead atoms. The van der Waals surface area contributed by atoms with Crippen LogP contribution in [0.15, 0.2) is 83.9 Å². The molecule has 2 aliphatic rings. The van der Waals surface area contributed by atoms with Gasteiger partial charge in [-0.15, -0.1) is 0 Å². The third kappa shape index (κ3) is 4.08. The molecule has 0 saturated carbocycles. The number of ether oxygens (including phenoxy) is 2. The first-order chi connectivity index (χ1) is 17.0. The number of aliphatic hydroxyl groups is 1. The lowest BCUT2D eigenvalue weighted by molar-refractivity contribution is -0.131. The highest BCUT2D eigenvalue weighted by Gasteiger charge is 2.58. The minimum absolute atomic E-state index is 0.0696. The molecule has 7 nitrogen and oxygen atoms in total. The van der Waals surface area contributed by atoms with Crippen LogP contribution in [0.2, 0.25) is 0 Å². The van der Waals surface area contributed by atoms with Gasteiger partial charge in [0.15, 0.2) is 11.6 Å². The van der Waals surface area contributed by atoms with Crippen molar-refractivity contribution in [1.82, 2.24) is 0 Å². The van der Waals surface area contributed by atoms with Crippen molar-refractivity contribution in [1.29, 1.82) is 0 Å². The average Bonchev–Trinajstić information content (AvgIpc) is 3.26. The molecule has 0 aromatic heterocycles. The second kappa shape index (κ2) is 9.35. The van der Waals surface area contributed by atoms with Gasteiger partial charge in [0.05, 0.1) is 12.3 Å². The molecular formula is C28H26N2O5. The summed E-state index contributed by atoms with van der Waals surface area (Å²) in [5.41, 5.74) is 1.66. The Kier molecular flexibility index (Phi) is 6.09. The van der Waals surface area contributed by atoms with E-state index < -0.39 is 17.6 Å². The SMILES string of the molecule is CC(=O)N1C(=O)[C@@]2(Cc3ccccc31)N=C(c1ccc(OCCCO)cc1)O[C@H]2c1ccccc1. The number of hydrogen-bond donors (Lipinski definition) is 1. The molecule has 178 valence electrons. The highest BCUT2D eigenvalue weighted by Crippen LogP contribution is 2.47. The van der Waals surface area contributed by atoms with Crippen molar-refractivity contribution < 1.29 is 24.2 Å². The normalized spacial score (nSPS) is 20.9. The highest BCUT2D eigenvalue weighted by atomic mass is 16.5. The molecular weight excluding hydrogens is 444 g/mol. The summed E-state index contributed by atoms with van der Waals surface area (Å²) in [5, 5.41) is 8.94. The van der Waals surface area contributed by atoms with Gasteiger partial charge in [0, 0.05) is 31.9 Å². The van der Waals surface area contributed by atoms with Crippen molar-refractivity contribution in [3.05, 3.63) is 95.6 Å². The summed E-state index contributed by atoms with van der Waals surface area (Å²) in [5.74, 6) is 0.260. The summed E-state index contributed by atoms with van der Waals surface area (Å²) >= 11 is 0. The molecule has 0 fully saturated rings. The Balaban J connectivity index is 1.58. The zero-order chi connectivity index (χ0) is 24.4. The number of amides is 2. The number of para-hydroxylation sites is 1. The van der Waals surface area contributed by atoms with Gasteiger partial charge in [0.25, 0.3) is 5.91 Å². The number of nitrogens with zero attached hydrogens (tertiary/aromatic N) is 2. The number of carbonyl (C=O) groups is 2. The topological polar surface area (TPSA) is 88.4 Å². The van der Waals surface area contributed by atoms with Crippen LogP contribution < -0.4 is 9.64 Å². The first-order valence-corrected chi connectivity index (χ1v) is 11.6. The number of rotatable bonds is 6. The standard InChI is InChI=1S/C28H26N2O5/c1-19(32)30-24-11-6-5-10-22(24)18-28(27(30)33)25(20-8-3-2-4-9-20)35-26(29-28)21-12-14-23(15-13-21)34-17-7-16-31/h2-6,8-15,25,31H,7,16-18H2,1H3/t25-,28-/m0/s1. The fourth-order valence-corrected chi connectivity index (χ4v) is 4.68. The highest BCUT2D eigenvalue weighted by molar-refractivity contribution is 6.20. The number of aliphatic hydroxyl groups excluding tert-OH is 1. The summed E-state index contributed by atoms with van der Waals surface area (Å²) in [6.45, 7) is 1.88. The van der Waals surface area contributed by atoms with Gasteiger partial charge >= 0.3 is 0 Å². The Hall–Kier alpha value is -3.97. The largest absolute Gasteiger partial charge is 0.494 e. The molecule has 0 aliphatic carbocycles. The van der Waals surface area contributed by atoms with Gasteiger partial charge in [-0.3, -0.25) is 9.59 Å². The van der Waals surface area contributed by atoms with Gasteiger partial charge in [-0.05, 0) is 41.5 Å². The molecule has 2 heterocycles. The third-order valence-corrected chi connectivity index (χ3v) is 6.32. The number of benzene rings is 3. The molecule has 0 radical (unpaired) electrons. The lowest BCUT2D eigenvalue weighted by atomic mass is 9.78. The van der Waals surface area contributed by atoms with E-state index in [9.17, 15) is 9.59 Å². The molecule has 5 rings (SSSR count). The van der Waals surface area contributed by atoms with Crippen LogP contribution in [0.3, 0.4) is 0 Å². The lowest BCUT2D eigenvalue weighted by Gasteiger charge is -2.39. The molecule has 2 atom stereocenters. The summed E-state index contributed by atoms with van der Waals surface area (Å²) in [6.07, 6.45) is 0.175. The number of carbonyl (C=O) groups excluding carboxylic acids is 2. The number of anilines is 1. The third-order valence-electron chi connectivity index (χ3n) is 6.32. The van der Waals surface area contributed by atoms with Crippen LogP contribution >= 0.6 is 0 Å². The summed E-state index contributed by atoms with van der Waals surface area (Å²) in [4.78, 5) is 32.8. The number of imide groups is 1. The number of fused-ring (bicyclic) bond motifs is 1. The Labute approximate surface area is 203 Å². The van der Waals surface area contributed by atoms with Crippen molar-refractivity contribution in [2.45, 2.75) is 31.4 Å². The van der Waals surface area contributed by atoms with E-state index in [1.165, 1.54) is 11.8 Å². The van der Waals surface area contributed by atoms with Gasteiger partial charge < -0.3 is 14.6 Å². The molecule has 2 aliphatic heterocycles. The second-order valence-corrected chi connectivity index (χ2v) is 8.66. The van der Waals surface area contributed by atoms with Crippen molar-refractivity contribution >= 4 is 23.4 Å². The number of aliphatic imine (C=N–C) groups is 1. The summed E-state index contributed by atoms with van der Waals surface area (Å²) in [6, 6.07) is 24.2. The number of hydrogen-bond acceptors (Lipinski definition) is 6. The maximum absolute atomic E-state index is 14.0. The molecule has 0 unspecified atom stereocenters. The Morgan fingerprint density at radius 3 is 2.51 bits per heavy atom. The van der Waals surface area contributed by atoms with E-state index >= 15 is 0 Å². The van der Waals surface area contributed by atoms with Gasteiger partial charge in [0.1, 0.15) is 5.75 Å². The van der Waals surface area contributed by atoms with E-state index in [2.05, 4.69) is 0 Å². The predicted octanol–water partition coefficient (Wildman–Crippen LogP) is 3.84. The first-order valence-electron chi connectivity index (χ1n) is 11.6. The van der Waals surface area contributed by atoms with E-state index in [0.29, 0.717) is 42.3 Å². The van der Waals surface area contributed by atoms with Gasteiger partial charge in [-0.25, -0.2) is 9.89 Å². The monoisotopic (exact) mass is 470 g/mol. The lowest BCUT2D eigenvalue weighted by Crippen LogP contribution is -2.56. The molecule has 35 heavy (non-hydrogen) atoms. The average molecular weight is 471 g/mol. The quantitative estimate of drug-likeness (QED) is 0.553. The Morgan fingerprint density at radius 1 is 1.09 bits per heavy atom. The minimum atomic E-state index is -1.31. The van der Waals surface area contributed by atoms with E-state index in [-0.39, 0.29) is 12.5 Å². The molecule has 0 saturated heterocycles. The molecule has 2 amide bonds. The van der Waals surface area contributed by atoms with Gasteiger partial charge in [0.2, 0.25) is 11.8 Å². The molecule has 7 heteroatoms. The first kappa shape index (κ1) is 22.8. The van der Waals surface area contributed by atoms with Gasteiger partial charge in [-0.2, -0.15) is 0 Å². The van der Waals surface area contributed by atoms with Crippen LogP contribution in [0.1, 0.15) is 36.1 Å². The molecule has 1 N–H and O–H groups in total. The van der Waals surface area contributed by atoms with Crippen LogP contribution in [0.25, 0.3) is 0 Å². The van der Waals surface area contributed by atoms with E-state index in [0.717, 1.165) is 11.1 Å².